The molecule has 6 rings (SSSR count). The Morgan fingerprint density at radius 1 is 0.674 bits per heavy atom. The first-order valence-electron chi connectivity index (χ1n) is 13.4. The lowest BCUT2D eigenvalue weighted by atomic mass is 9.75. The van der Waals surface area contributed by atoms with Crippen LogP contribution in [0.15, 0.2) is 133 Å². The van der Waals surface area contributed by atoms with Gasteiger partial charge < -0.3 is 14.9 Å². The molecule has 0 bridgehead atoms. The Balaban J connectivity index is 1.64. The van der Waals surface area contributed by atoms with Gasteiger partial charge in [0, 0.05) is 5.56 Å². The second-order valence-corrected chi connectivity index (χ2v) is 11.8. The van der Waals surface area contributed by atoms with E-state index >= 15 is 0 Å². The number of aromatic nitrogens is 3. The molecule has 0 aliphatic rings. The summed E-state index contributed by atoms with van der Waals surface area (Å²) in [7, 11) is -5.80. The monoisotopic (exact) mass is 597 g/mol. The quantitative estimate of drug-likeness (QED) is 0.166. The third-order valence-electron chi connectivity index (χ3n) is 7.64. The summed E-state index contributed by atoms with van der Waals surface area (Å²) in [5, 5.41) is 21.4. The summed E-state index contributed by atoms with van der Waals surface area (Å²) in [5.41, 5.74) is -2.42. The van der Waals surface area contributed by atoms with E-state index in [1.807, 2.05) is 66.7 Å². The number of nitrogens with zero attached hydrogens (tertiary/aromatic N) is 3. The van der Waals surface area contributed by atoms with E-state index < -0.39 is 30.5 Å². The average Bonchev–Trinajstić information content (AvgIpc) is 3.47. The summed E-state index contributed by atoms with van der Waals surface area (Å²) in [6.45, 7) is 0. The maximum atomic E-state index is 14.7. The number of aliphatic hydroxyl groups is 1. The van der Waals surface area contributed by atoms with Gasteiger partial charge in [0.25, 0.3) is 0 Å². The van der Waals surface area contributed by atoms with E-state index in [4.69, 9.17) is 0 Å². The molecule has 0 fully saturated rings. The molecule has 0 radical (unpaired) electrons. The number of hydrogen-bond donors (Lipinski definition) is 3. The fourth-order valence-electron chi connectivity index (χ4n) is 5.52. The highest BCUT2D eigenvalue weighted by Gasteiger charge is 2.51. The zero-order chi connectivity index (χ0) is 30.2. The molecule has 5 aromatic carbocycles. The van der Waals surface area contributed by atoms with E-state index in [2.05, 4.69) is 10.3 Å². The highest BCUT2D eigenvalue weighted by atomic mass is 31.2. The SMILES string of the molecule is O=P(O)(O)C(F)(F)c1ccc(C(c2ccccc2)(C(O)c2cccc(-c3ccccc3)c2)n2nnc3ccccc32)cc1. The van der Waals surface area contributed by atoms with Crippen LogP contribution in [0.2, 0.25) is 0 Å². The minimum Gasteiger partial charge on any atom is -0.385 e. The van der Waals surface area contributed by atoms with Gasteiger partial charge in [0.15, 0.2) is 0 Å². The van der Waals surface area contributed by atoms with Crippen LogP contribution in [0.3, 0.4) is 0 Å². The summed E-state index contributed by atoms with van der Waals surface area (Å²) in [4.78, 5) is 18.7. The van der Waals surface area contributed by atoms with E-state index in [9.17, 15) is 28.2 Å². The molecule has 2 atom stereocenters. The van der Waals surface area contributed by atoms with Crippen LogP contribution in [-0.2, 0) is 15.8 Å². The predicted molar refractivity (Wildman–Crippen MR) is 159 cm³/mol. The van der Waals surface area contributed by atoms with Gasteiger partial charge in [-0.3, -0.25) is 4.57 Å². The minimum absolute atomic E-state index is 0.345. The molecule has 1 aromatic heterocycles. The number of rotatable bonds is 8. The van der Waals surface area contributed by atoms with Crippen LogP contribution in [0.5, 0.6) is 0 Å². The summed E-state index contributed by atoms with van der Waals surface area (Å²) >= 11 is 0. The second kappa shape index (κ2) is 10.9. The summed E-state index contributed by atoms with van der Waals surface area (Å²) < 4.78 is 42.6. The van der Waals surface area contributed by atoms with Crippen LogP contribution >= 0.6 is 7.60 Å². The Labute approximate surface area is 245 Å². The van der Waals surface area contributed by atoms with Crippen molar-refractivity contribution in [3.05, 3.63) is 156 Å². The molecular formula is C33H26F2N3O4P. The zero-order valence-corrected chi connectivity index (χ0v) is 23.5. The maximum Gasteiger partial charge on any atom is 0.399 e. The van der Waals surface area contributed by atoms with Gasteiger partial charge in [0.1, 0.15) is 17.2 Å². The normalized spacial score (nSPS) is 14.3. The molecular weight excluding hydrogens is 571 g/mol. The molecule has 0 amide bonds. The second-order valence-electron chi connectivity index (χ2n) is 10.2. The van der Waals surface area contributed by atoms with Gasteiger partial charge in [-0.1, -0.05) is 120 Å². The largest absolute Gasteiger partial charge is 0.399 e. The molecule has 0 saturated heterocycles. The van der Waals surface area contributed by atoms with Gasteiger partial charge in [-0.25, -0.2) is 4.68 Å². The Hall–Kier alpha value is -4.53. The van der Waals surface area contributed by atoms with Gasteiger partial charge in [0.2, 0.25) is 0 Å². The smallest absolute Gasteiger partial charge is 0.385 e. The lowest BCUT2D eigenvalue weighted by Gasteiger charge is -2.40. The van der Waals surface area contributed by atoms with Crippen molar-refractivity contribution < 1.29 is 28.2 Å². The van der Waals surface area contributed by atoms with Crippen molar-refractivity contribution in [2.45, 2.75) is 17.3 Å². The minimum atomic E-state index is -5.80. The molecule has 2 unspecified atom stereocenters. The molecule has 0 aliphatic carbocycles. The Bertz CT molecular complexity index is 1930. The van der Waals surface area contributed by atoms with Gasteiger partial charge in [-0.15, -0.1) is 5.10 Å². The molecule has 10 heteroatoms. The first-order valence-corrected chi connectivity index (χ1v) is 15.0. The number of fused-ring (bicyclic) bond motifs is 1. The maximum absolute atomic E-state index is 14.7. The number of para-hydroxylation sites is 1. The summed E-state index contributed by atoms with van der Waals surface area (Å²) in [5.74, 6) is 0. The summed E-state index contributed by atoms with van der Waals surface area (Å²) in [6, 6.07) is 37.9. The number of aliphatic hydroxyl groups excluding tert-OH is 1. The molecule has 1 heterocycles. The molecule has 0 saturated carbocycles. The van der Waals surface area contributed by atoms with Crippen molar-refractivity contribution in [3.8, 4) is 11.1 Å². The summed E-state index contributed by atoms with van der Waals surface area (Å²) in [6.07, 6.45) is -1.34. The molecule has 216 valence electrons. The highest BCUT2D eigenvalue weighted by Crippen LogP contribution is 2.59. The highest BCUT2D eigenvalue weighted by molar-refractivity contribution is 7.52. The van der Waals surface area contributed by atoms with Crippen molar-refractivity contribution in [1.29, 1.82) is 0 Å². The van der Waals surface area contributed by atoms with Crippen LogP contribution in [0, 0.1) is 0 Å². The molecule has 43 heavy (non-hydrogen) atoms. The number of halogens is 2. The number of benzene rings is 5. The first-order chi connectivity index (χ1) is 20.6. The molecule has 3 N–H and O–H groups in total. The standard InChI is InChI=1S/C33H26F2N3O4P/c34-33(35,43(40,41)42)28-20-18-27(19-21-28)32(26-14-5-2-6-15-26,38-30-17-8-7-16-29(30)36-37-38)31(39)25-13-9-12-24(22-25)23-10-3-1-4-11-23/h1-22,31,39H,(H2,40,41,42). The van der Waals surface area contributed by atoms with E-state index in [1.165, 1.54) is 12.1 Å². The van der Waals surface area contributed by atoms with Crippen LogP contribution in [0.25, 0.3) is 22.2 Å². The third kappa shape index (κ3) is 4.86. The van der Waals surface area contributed by atoms with E-state index in [1.54, 1.807) is 47.1 Å². The van der Waals surface area contributed by atoms with Gasteiger partial charge in [0.05, 0.1) is 5.52 Å². The van der Waals surface area contributed by atoms with Gasteiger partial charge in [-0.05, 0) is 46.0 Å². The van der Waals surface area contributed by atoms with Gasteiger partial charge in [-0.2, -0.15) is 8.78 Å². The van der Waals surface area contributed by atoms with Crippen molar-refractivity contribution in [3.63, 3.8) is 0 Å². The van der Waals surface area contributed by atoms with Crippen LogP contribution < -0.4 is 0 Å². The fraction of sp³-hybridized carbons (Fsp3) is 0.0909. The first kappa shape index (κ1) is 28.6. The Morgan fingerprint density at radius 3 is 1.91 bits per heavy atom. The topological polar surface area (TPSA) is 108 Å². The Morgan fingerprint density at radius 2 is 1.23 bits per heavy atom. The fourth-order valence-corrected chi connectivity index (χ4v) is 6.00. The Kier molecular flexibility index (Phi) is 7.28. The lowest BCUT2D eigenvalue weighted by Crippen LogP contribution is -2.43. The molecule has 6 aromatic rings. The van der Waals surface area contributed by atoms with Crippen molar-refractivity contribution >= 4 is 18.6 Å². The van der Waals surface area contributed by atoms with Crippen molar-refractivity contribution in [2.24, 2.45) is 0 Å². The van der Waals surface area contributed by atoms with E-state index in [0.29, 0.717) is 27.7 Å². The predicted octanol–water partition coefficient (Wildman–Crippen LogP) is 6.85. The molecule has 7 nitrogen and oxygen atoms in total. The van der Waals surface area contributed by atoms with Crippen molar-refractivity contribution in [2.75, 3.05) is 0 Å². The van der Waals surface area contributed by atoms with Gasteiger partial charge >= 0.3 is 13.3 Å². The van der Waals surface area contributed by atoms with E-state index in [0.717, 1.165) is 23.3 Å². The number of alkyl halides is 2. The molecule has 0 aliphatic heterocycles. The lowest BCUT2D eigenvalue weighted by molar-refractivity contribution is 0.0561. The van der Waals surface area contributed by atoms with Crippen LogP contribution in [0.1, 0.15) is 28.4 Å². The van der Waals surface area contributed by atoms with Crippen LogP contribution in [-0.4, -0.2) is 29.9 Å². The average molecular weight is 598 g/mol. The van der Waals surface area contributed by atoms with Crippen molar-refractivity contribution in [1.82, 2.24) is 15.0 Å². The zero-order valence-electron chi connectivity index (χ0n) is 22.6. The molecule has 0 spiro atoms. The van der Waals surface area contributed by atoms with Crippen LogP contribution in [0.4, 0.5) is 8.78 Å². The number of hydrogen-bond acceptors (Lipinski definition) is 4. The third-order valence-corrected chi connectivity index (χ3v) is 8.63. The van der Waals surface area contributed by atoms with E-state index in [-0.39, 0.29) is 0 Å².